The second-order valence-electron chi connectivity index (χ2n) is 5.36. The van der Waals surface area contributed by atoms with Crippen LogP contribution in [0.15, 0.2) is 36.9 Å². The van der Waals surface area contributed by atoms with Crippen LogP contribution in [0.1, 0.15) is 32.1 Å². The molecule has 2 amide bonds. The lowest BCUT2D eigenvalue weighted by atomic mass is 9.94. The molecule has 0 bridgehead atoms. The Hall–Kier alpha value is -1.97. The summed E-state index contributed by atoms with van der Waals surface area (Å²) in [5.41, 5.74) is 0.704. The van der Waals surface area contributed by atoms with E-state index in [1.165, 1.54) is 19.3 Å². The highest BCUT2D eigenvalue weighted by atomic mass is 16.5. The minimum atomic E-state index is -0.0775. The molecule has 1 N–H and O–H groups in total. The van der Waals surface area contributed by atoms with Crippen LogP contribution < -0.4 is 10.1 Å². The van der Waals surface area contributed by atoms with E-state index in [0.29, 0.717) is 24.0 Å². The third kappa shape index (κ3) is 4.00. The van der Waals surface area contributed by atoms with Crippen molar-refractivity contribution in [1.82, 2.24) is 4.90 Å². The minimum Gasteiger partial charge on any atom is -0.495 e. The third-order valence-electron chi connectivity index (χ3n) is 3.95. The van der Waals surface area contributed by atoms with Gasteiger partial charge in [-0.2, -0.15) is 0 Å². The number of carbonyl (C=O) groups is 1. The van der Waals surface area contributed by atoms with Gasteiger partial charge in [-0.15, -0.1) is 6.58 Å². The number of nitrogens with one attached hydrogen (secondary N) is 1. The first kappa shape index (κ1) is 15.4. The first-order valence-electron chi connectivity index (χ1n) is 7.57. The van der Waals surface area contributed by atoms with Crippen molar-refractivity contribution >= 4 is 11.7 Å². The maximum Gasteiger partial charge on any atom is 0.322 e. The summed E-state index contributed by atoms with van der Waals surface area (Å²) in [7, 11) is 1.60. The van der Waals surface area contributed by atoms with Crippen LogP contribution in [0.3, 0.4) is 0 Å². The number of para-hydroxylation sites is 2. The molecule has 1 fully saturated rings. The van der Waals surface area contributed by atoms with E-state index in [2.05, 4.69) is 11.9 Å². The van der Waals surface area contributed by atoms with E-state index < -0.39 is 0 Å². The molecule has 0 aliphatic heterocycles. The van der Waals surface area contributed by atoms with Crippen molar-refractivity contribution in [2.24, 2.45) is 0 Å². The molecule has 1 saturated carbocycles. The number of rotatable bonds is 5. The molecule has 0 heterocycles. The Morgan fingerprint density at radius 3 is 2.76 bits per heavy atom. The molecular weight excluding hydrogens is 264 g/mol. The maximum absolute atomic E-state index is 12.6. The molecule has 0 radical (unpaired) electrons. The molecule has 4 heteroatoms. The lowest BCUT2D eigenvalue weighted by Gasteiger charge is -2.33. The largest absolute Gasteiger partial charge is 0.495 e. The predicted octanol–water partition coefficient (Wildman–Crippen LogP) is 4.05. The molecule has 4 nitrogen and oxygen atoms in total. The zero-order valence-corrected chi connectivity index (χ0v) is 12.7. The van der Waals surface area contributed by atoms with E-state index in [0.717, 1.165) is 12.8 Å². The number of amides is 2. The first-order valence-corrected chi connectivity index (χ1v) is 7.57. The topological polar surface area (TPSA) is 41.6 Å². The highest BCUT2D eigenvalue weighted by Gasteiger charge is 2.24. The average molecular weight is 288 g/mol. The highest BCUT2D eigenvalue weighted by Crippen LogP contribution is 2.26. The van der Waals surface area contributed by atoms with E-state index in [1.54, 1.807) is 13.2 Å². The zero-order valence-electron chi connectivity index (χ0n) is 12.7. The fraction of sp³-hybridized carbons (Fsp3) is 0.471. The van der Waals surface area contributed by atoms with Crippen LogP contribution in [0.5, 0.6) is 5.75 Å². The summed E-state index contributed by atoms with van der Waals surface area (Å²) in [5, 5.41) is 2.96. The second kappa shape index (κ2) is 7.72. The SMILES string of the molecule is C=CCN(C(=O)Nc1ccccc1OC)C1CCCCC1. The van der Waals surface area contributed by atoms with Gasteiger partial charge in [-0.1, -0.05) is 37.5 Å². The van der Waals surface area contributed by atoms with Gasteiger partial charge < -0.3 is 15.0 Å². The normalized spacial score (nSPS) is 15.3. The molecule has 1 aliphatic carbocycles. The molecular formula is C17H24N2O2. The van der Waals surface area contributed by atoms with E-state index in [9.17, 15) is 4.79 Å². The van der Waals surface area contributed by atoms with Gasteiger partial charge in [-0.25, -0.2) is 4.79 Å². The second-order valence-corrected chi connectivity index (χ2v) is 5.36. The summed E-state index contributed by atoms with van der Waals surface area (Å²) < 4.78 is 5.28. The molecule has 2 rings (SSSR count). The van der Waals surface area contributed by atoms with Crippen LogP contribution in [0.25, 0.3) is 0 Å². The Morgan fingerprint density at radius 1 is 1.38 bits per heavy atom. The first-order chi connectivity index (χ1) is 10.3. The standard InChI is InChI=1S/C17H24N2O2/c1-3-13-19(14-9-5-4-6-10-14)17(20)18-15-11-7-8-12-16(15)21-2/h3,7-8,11-12,14H,1,4-6,9-10,13H2,2H3,(H,18,20). The van der Waals surface area contributed by atoms with Crippen molar-refractivity contribution < 1.29 is 9.53 Å². The number of hydrogen-bond acceptors (Lipinski definition) is 2. The molecule has 21 heavy (non-hydrogen) atoms. The third-order valence-corrected chi connectivity index (χ3v) is 3.95. The smallest absolute Gasteiger partial charge is 0.322 e. The van der Waals surface area contributed by atoms with Gasteiger partial charge in [0.15, 0.2) is 0 Å². The zero-order chi connectivity index (χ0) is 15.1. The van der Waals surface area contributed by atoms with Crippen LogP contribution in [-0.4, -0.2) is 30.6 Å². The summed E-state index contributed by atoms with van der Waals surface area (Å²) >= 11 is 0. The van der Waals surface area contributed by atoms with Crippen LogP contribution >= 0.6 is 0 Å². The molecule has 0 unspecified atom stereocenters. The Kier molecular flexibility index (Phi) is 5.67. The maximum atomic E-state index is 12.6. The van der Waals surface area contributed by atoms with E-state index in [1.807, 2.05) is 29.2 Å². The summed E-state index contributed by atoms with van der Waals surface area (Å²) in [6.07, 6.45) is 7.60. The summed E-state index contributed by atoms with van der Waals surface area (Å²) in [6.45, 7) is 4.35. The number of hydrogen-bond donors (Lipinski definition) is 1. The number of nitrogens with zero attached hydrogens (tertiary/aromatic N) is 1. The van der Waals surface area contributed by atoms with Crippen LogP contribution in [0, 0.1) is 0 Å². The lowest BCUT2D eigenvalue weighted by Crippen LogP contribution is -2.44. The van der Waals surface area contributed by atoms with Crippen molar-refractivity contribution in [2.75, 3.05) is 19.0 Å². The Morgan fingerprint density at radius 2 is 2.10 bits per heavy atom. The van der Waals surface area contributed by atoms with E-state index >= 15 is 0 Å². The van der Waals surface area contributed by atoms with Crippen molar-refractivity contribution in [3.63, 3.8) is 0 Å². The monoisotopic (exact) mass is 288 g/mol. The summed E-state index contributed by atoms with van der Waals surface area (Å²) in [6, 6.07) is 7.70. The number of methoxy groups -OCH3 is 1. The molecule has 1 aliphatic rings. The summed E-state index contributed by atoms with van der Waals surface area (Å²) in [4.78, 5) is 14.5. The fourth-order valence-corrected chi connectivity index (χ4v) is 2.86. The van der Waals surface area contributed by atoms with Crippen LogP contribution in [0.4, 0.5) is 10.5 Å². The van der Waals surface area contributed by atoms with Gasteiger partial charge in [0.1, 0.15) is 5.75 Å². The number of urea groups is 1. The molecule has 0 atom stereocenters. The lowest BCUT2D eigenvalue weighted by molar-refractivity contribution is 0.176. The molecule has 114 valence electrons. The average Bonchev–Trinajstić information content (AvgIpc) is 2.53. The van der Waals surface area contributed by atoms with Crippen LogP contribution in [-0.2, 0) is 0 Å². The fourth-order valence-electron chi connectivity index (χ4n) is 2.86. The van der Waals surface area contributed by atoms with Gasteiger partial charge in [0.25, 0.3) is 0 Å². The van der Waals surface area contributed by atoms with Crippen molar-refractivity contribution in [3.05, 3.63) is 36.9 Å². The quantitative estimate of drug-likeness (QED) is 0.831. The van der Waals surface area contributed by atoms with E-state index in [-0.39, 0.29) is 6.03 Å². The number of ether oxygens (including phenoxy) is 1. The minimum absolute atomic E-state index is 0.0775. The van der Waals surface area contributed by atoms with Gasteiger partial charge >= 0.3 is 6.03 Å². The molecule has 0 aromatic heterocycles. The Bertz CT molecular complexity index is 481. The van der Waals surface area contributed by atoms with Crippen LogP contribution in [0.2, 0.25) is 0 Å². The molecule has 0 spiro atoms. The highest BCUT2D eigenvalue weighted by molar-refractivity contribution is 5.91. The number of carbonyl (C=O) groups excluding carboxylic acids is 1. The molecule has 1 aromatic carbocycles. The number of anilines is 1. The van der Waals surface area contributed by atoms with Crippen molar-refractivity contribution in [3.8, 4) is 5.75 Å². The van der Waals surface area contributed by atoms with Gasteiger partial charge in [0, 0.05) is 12.6 Å². The molecule has 0 saturated heterocycles. The van der Waals surface area contributed by atoms with E-state index in [4.69, 9.17) is 4.74 Å². The van der Waals surface area contributed by atoms with Gasteiger partial charge in [-0.3, -0.25) is 0 Å². The Labute approximate surface area is 126 Å². The number of benzene rings is 1. The molecule has 1 aromatic rings. The van der Waals surface area contributed by atoms with Gasteiger partial charge in [-0.05, 0) is 25.0 Å². The predicted molar refractivity (Wildman–Crippen MR) is 85.8 cm³/mol. The van der Waals surface area contributed by atoms with Gasteiger partial charge in [0.2, 0.25) is 0 Å². The van der Waals surface area contributed by atoms with Gasteiger partial charge in [0.05, 0.1) is 12.8 Å². The summed E-state index contributed by atoms with van der Waals surface area (Å²) in [5.74, 6) is 0.674. The van der Waals surface area contributed by atoms with Crippen molar-refractivity contribution in [2.45, 2.75) is 38.1 Å². The van der Waals surface area contributed by atoms with Crippen molar-refractivity contribution in [1.29, 1.82) is 0 Å². The Balaban J connectivity index is 2.08.